The Balaban J connectivity index is 2.91. The highest BCUT2D eigenvalue weighted by molar-refractivity contribution is 9.10. The fourth-order valence-electron chi connectivity index (χ4n) is 1.87. The molecule has 1 aromatic rings. The van der Waals surface area contributed by atoms with Gasteiger partial charge in [0.1, 0.15) is 0 Å². The predicted molar refractivity (Wildman–Crippen MR) is 75.4 cm³/mol. The van der Waals surface area contributed by atoms with E-state index in [0.29, 0.717) is 0 Å². The van der Waals surface area contributed by atoms with E-state index < -0.39 is 0 Å². The number of aromatic nitrogens is 3. The molecule has 0 spiro atoms. The maximum atomic E-state index is 5.52. The summed E-state index contributed by atoms with van der Waals surface area (Å²) in [5, 5.41) is 11.6. The van der Waals surface area contributed by atoms with E-state index in [0.717, 1.165) is 29.7 Å². The molecule has 0 amide bonds. The Labute approximate surface area is 117 Å². The van der Waals surface area contributed by atoms with Crippen molar-refractivity contribution in [2.45, 2.75) is 45.3 Å². The number of hydrogen-bond donors (Lipinski definition) is 1. The van der Waals surface area contributed by atoms with Gasteiger partial charge in [-0.15, -0.1) is 5.10 Å². The summed E-state index contributed by atoms with van der Waals surface area (Å²) in [6, 6.07) is 0.175. The van der Waals surface area contributed by atoms with Crippen LogP contribution in [0.2, 0.25) is 0 Å². The lowest BCUT2D eigenvalue weighted by Gasteiger charge is -2.29. The van der Waals surface area contributed by atoms with Crippen LogP contribution in [0, 0.1) is 0 Å². The molecule has 1 rings (SSSR count). The average Bonchev–Trinajstić information content (AvgIpc) is 2.65. The van der Waals surface area contributed by atoms with E-state index in [1.54, 1.807) is 7.11 Å². The number of hydrogen-bond acceptors (Lipinski definition) is 4. The van der Waals surface area contributed by atoms with Crippen molar-refractivity contribution < 1.29 is 4.74 Å². The van der Waals surface area contributed by atoms with Crippen LogP contribution in [0.15, 0.2) is 4.60 Å². The van der Waals surface area contributed by atoms with Crippen molar-refractivity contribution in [1.29, 1.82) is 0 Å². The Bertz CT molecular complexity index is 359. The lowest BCUT2D eigenvalue weighted by atomic mass is 9.96. The average molecular weight is 319 g/mol. The molecule has 1 aromatic heterocycles. The zero-order valence-electron chi connectivity index (χ0n) is 11.8. The largest absolute Gasteiger partial charge is 0.379 e. The Hall–Kier alpha value is -0.460. The van der Waals surface area contributed by atoms with E-state index in [1.807, 2.05) is 11.7 Å². The van der Waals surface area contributed by atoms with Crippen molar-refractivity contribution in [3.05, 3.63) is 10.3 Å². The highest BCUT2D eigenvalue weighted by Crippen LogP contribution is 2.29. The predicted octanol–water partition coefficient (Wildman–Crippen LogP) is 2.43. The van der Waals surface area contributed by atoms with Gasteiger partial charge in [-0.2, -0.15) is 0 Å². The molecule has 0 aromatic carbocycles. The van der Waals surface area contributed by atoms with Crippen molar-refractivity contribution in [2.24, 2.45) is 7.05 Å². The molecule has 0 aliphatic rings. The van der Waals surface area contributed by atoms with Crippen LogP contribution in [0.3, 0.4) is 0 Å². The van der Waals surface area contributed by atoms with Gasteiger partial charge >= 0.3 is 0 Å². The fourth-order valence-corrected chi connectivity index (χ4v) is 2.47. The third kappa shape index (κ3) is 4.03. The topological polar surface area (TPSA) is 52.0 Å². The number of halogens is 1. The molecule has 1 heterocycles. The van der Waals surface area contributed by atoms with Crippen LogP contribution in [-0.4, -0.2) is 34.2 Å². The van der Waals surface area contributed by atoms with Crippen LogP contribution in [0.1, 0.15) is 45.3 Å². The van der Waals surface area contributed by atoms with Crippen LogP contribution in [-0.2, 0) is 11.8 Å². The van der Waals surface area contributed by atoms with E-state index in [9.17, 15) is 0 Å². The first kappa shape index (κ1) is 15.6. The van der Waals surface area contributed by atoms with E-state index in [1.165, 1.54) is 0 Å². The molecule has 1 unspecified atom stereocenters. The molecular weight excluding hydrogens is 296 g/mol. The highest BCUT2D eigenvalue weighted by Gasteiger charge is 2.27. The molecule has 1 atom stereocenters. The van der Waals surface area contributed by atoms with Gasteiger partial charge < -0.3 is 10.1 Å². The van der Waals surface area contributed by atoms with Crippen LogP contribution in [0.4, 0.5) is 0 Å². The smallest absolute Gasteiger partial charge is 0.153 e. The summed E-state index contributed by atoms with van der Waals surface area (Å²) < 4.78 is 8.13. The molecule has 6 heteroatoms. The third-order valence-electron chi connectivity index (χ3n) is 3.05. The second-order valence-corrected chi connectivity index (χ2v) is 5.81. The zero-order valence-corrected chi connectivity index (χ0v) is 13.4. The van der Waals surface area contributed by atoms with Gasteiger partial charge in [-0.1, -0.05) is 12.1 Å². The van der Waals surface area contributed by atoms with Gasteiger partial charge in [0.05, 0.1) is 17.3 Å². The van der Waals surface area contributed by atoms with Gasteiger partial charge in [-0.05, 0) is 49.2 Å². The van der Waals surface area contributed by atoms with Gasteiger partial charge in [-0.3, -0.25) is 0 Å². The molecular formula is C12H23BrN4O. The van der Waals surface area contributed by atoms with E-state index >= 15 is 0 Å². The minimum atomic E-state index is -0.185. The van der Waals surface area contributed by atoms with Crippen LogP contribution in [0.25, 0.3) is 0 Å². The molecule has 0 bridgehead atoms. The highest BCUT2D eigenvalue weighted by atomic mass is 79.9. The number of ether oxygens (including phenoxy) is 1. The molecule has 18 heavy (non-hydrogen) atoms. The number of nitrogens with one attached hydrogen (secondary N) is 1. The van der Waals surface area contributed by atoms with E-state index in [4.69, 9.17) is 4.74 Å². The van der Waals surface area contributed by atoms with Gasteiger partial charge in [0.2, 0.25) is 0 Å². The minimum Gasteiger partial charge on any atom is -0.379 e. The SMILES string of the molecule is CCCNC(CC(C)(C)OC)c1c(Br)nnn1C. The maximum absolute atomic E-state index is 5.52. The summed E-state index contributed by atoms with van der Waals surface area (Å²) in [5.74, 6) is 0. The van der Waals surface area contributed by atoms with Gasteiger partial charge in [0.15, 0.2) is 4.60 Å². The first-order valence-electron chi connectivity index (χ1n) is 6.25. The quantitative estimate of drug-likeness (QED) is 0.839. The second kappa shape index (κ2) is 6.63. The minimum absolute atomic E-state index is 0.175. The fraction of sp³-hybridized carbons (Fsp3) is 0.833. The summed E-state index contributed by atoms with van der Waals surface area (Å²) in [4.78, 5) is 0. The first-order chi connectivity index (χ1) is 8.41. The van der Waals surface area contributed by atoms with Crippen molar-refractivity contribution in [3.8, 4) is 0 Å². The van der Waals surface area contributed by atoms with Crippen LogP contribution in [0.5, 0.6) is 0 Å². The molecule has 1 N–H and O–H groups in total. The standard InChI is InChI=1S/C12H23BrN4O/c1-6-7-14-9(8-12(2,3)18-5)10-11(13)15-16-17(10)4/h9,14H,6-8H2,1-5H3. The lowest BCUT2D eigenvalue weighted by molar-refractivity contribution is 0.00615. The molecule has 0 aliphatic heterocycles. The number of aryl methyl sites for hydroxylation is 1. The Kier molecular flexibility index (Phi) is 5.75. The Morgan fingerprint density at radius 3 is 2.61 bits per heavy atom. The summed E-state index contributed by atoms with van der Waals surface area (Å²) in [6.07, 6.45) is 1.95. The molecule has 104 valence electrons. The Morgan fingerprint density at radius 1 is 1.50 bits per heavy atom. The van der Waals surface area contributed by atoms with E-state index in [2.05, 4.69) is 52.3 Å². The van der Waals surface area contributed by atoms with Crippen molar-refractivity contribution in [2.75, 3.05) is 13.7 Å². The molecule has 0 fully saturated rings. The molecule has 5 nitrogen and oxygen atoms in total. The van der Waals surface area contributed by atoms with Crippen molar-refractivity contribution in [3.63, 3.8) is 0 Å². The monoisotopic (exact) mass is 318 g/mol. The number of methoxy groups -OCH3 is 1. The number of rotatable bonds is 7. The van der Waals surface area contributed by atoms with Gasteiger partial charge in [-0.25, -0.2) is 4.68 Å². The Morgan fingerprint density at radius 2 is 2.17 bits per heavy atom. The lowest BCUT2D eigenvalue weighted by Crippen LogP contribution is -2.33. The van der Waals surface area contributed by atoms with E-state index in [-0.39, 0.29) is 11.6 Å². The summed E-state index contributed by atoms with van der Waals surface area (Å²) >= 11 is 3.46. The summed E-state index contributed by atoms with van der Waals surface area (Å²) in [7, 11) is 3.65. The van der Waals surface area contributed by atoms with Crippen molar-refractivity contribution in [1.82, 2.24) is 20.3 Å². The molecule has 0 radical (unpaired) electrons. The zero-order chi connectivity index (χ0) is 13.8. The summed E-state index contributed by atoms with van der Waals surface area (Å²) in [5.41, 5.74) is 0.878. The van der Waals surface area contributed by atoms with Crippen LogP contribution >= 0.6 is 15.9 Å². The molecule has 0 saturated heterocycles. The summed E-state index contributed by atoms with van der Waals surface area (Å²) in [6.45, 7) is 7.29. The van der Waals surface area contributed by atoms with Crippen molar-refractivity contribution >= 4 is 15.9 Å². The number of nitrogens with zero attached hydrogens (tertiary/aromatic N) is 3. The third-order valence-corrected chi connectivity index (χ3v) is 3.61. The van der Waals surface area contributed by atoms with Gasteiger partial charge in [0, 0.05) is 14.2 Å². The van der Waals surface area contributed by atoms with Crippen LogP contribution < -0.4 is 5.32 Å². The first-order valence-corrected chi connectivity index (χ1v) is 7.04. The normalized spacial score (nSPS) is 13.9. The van der Waals surface area contributed by atoms with Gasteiger partial charge in [0.25, 0.3) is 0 Å². The molecule has 0 aliphatic carbocycles. The molecule has 0 saturated carbocycles. The second-order valence-electron chi connectivity index (χ2n) is 5.06. The maximum Gasteiger partial charge on any atom is 0.153 e.